The molecule has 5 nitrogen and oxygen atoms in total. The van der Waals surface area contributed by atoms with Crippen molar-refractivity contribution in [2.75, 3.05) is 0 Å². The average Bonchev–Trinajstić information content (AvgIpc) is 2.79. The molecule has 0 heterocycles. The van der Waals surface area contributed by atoms with Crippen LogP contribution in [0, 0.1) is 5.41 Å². The monoisotopic (exact) mass is 467 g/mol. The van der Waals surface area contributed by atoms with Gasteiger partial charge in [-0.3, -0.25) is 5.21 Å². The zero-order valence-corrected chi connectivity index (χ0v) is 21.5. The molecule has 1 amide bonds. The molecule has 186 valence electrons. The molecule has 2 aliphatic rings. The lowest BCUT2D eigenvalue weighted by molar-refractivity contribution is -0.151. The molecule has 0 aliphatic heterocycles. The Morgan fingerprint density at radius 3 is 2.18 bits per heavy atom. The highest BCUT2D eigenvalue weighted by Crippen LogP contribution is 2.48. The van der Waals surface area contributed by atoms with Gasteiger partial charge in [0.05, 0.1) is 11.6 Å². The number of hydrogen-bond donors (Lipinski definition) is 1. The smallest absolute Gasteiger partial charge is 0.435 e. The molecule has 0 atom stereocenters. The molecule has 0 bridgehead atoms. The largest absolute Gasteiger partial charge is 0.490 e. The minimum atomic E-state index is -0.942. The van der Waals surface area contributed by atoms with E-state index in [2.05, 4.69) is 12.1 Å². The quantitative estimate of drug-likeness (QED) is 0.366. The van der Waals surface area contributed by atoms with Crippen LogP contribution < -0.4 is 4.74 Å². The second-order valence-corrected chi connectivity index (χ2v) is 12.0. The topological polar surface area (TPSA) is 59.0 Å². The standard InChI is InChI=1S/C29H41NO4/c1-27(2,3)34-26(31)30(32)28(4,5)23-11-9-22-20-25(12-10-21(22)19-23)33-24-13-17-29(18-14-24)15-7-6-8-16-29/h9-12,19-20,24,32H,6-8,13-18H2,1-5H3. The number of carbonyl (C=O) groups excluding carboxylic acids is 1. The molecule has 4 rings (SSSR count). The fourth-order valence-electron chi connectivity index (χ4n) is 5.65. The van der Waals surface area contributed by atoms with Crippen molar-refractivity contribution in [3.05, 3.63) is 42.0 Å². The van der Waals surface area contributed by atoms with Crippen LogP contribution in [-0.4, -0.2) is 28.1 Å². The Kier molecular flexibility index (Phi) is 6.87. The van der Waals surface area contributed by atoms with Crippen molar-refractivity contribution >= 4 is 16.9 Å². The fourth-order valence-corrected chi connectivity index (χ4v) is 5.65. The normalized spacial score (nSPS) is 19.2. The van der Waals surface area contributed by atoms with Crippen LogP contribution in [0.15, 0.2) is 36.4 Å². The Bertz CT molecular complexity index is 1010. The number of ether oxygens (including phenoxy) is 2. The number of rotatable bonds is 4. The average molecular weight is 468 g/mol. The summed E-state index contributed by atoms with van der Waals surface area (Å²) in [5.41, 5.74) is -0.191. The van der Waals surface area contributed by atoms with Crippen molar-refractivity contribution in [2.24, 2.45) is 5.41 Å². The Hall–Kier alpha value is -2.27. The molecule has 2 aromatic carbocycles. The molecule has 0 radical (unpaired) electrons. The van der Waals surface area contributed by atoms with Crippen molar-refractivity contribution in [1.29, 1.82) is 0 Å². The van der Waals surface area contributed by atoms with E-state index in [4.69, 9.17) is 9.47 Å². The van der Waals surface area contributed by atoms with Gasteiger partial charge < -0.3 is 9.47 Å². The van der Waals surface area contributed by atoms with Crippen LogP contribution in [0.3, 0.4) is 0 Å². The second kappa shape index (κ2) is 9.41. The van der Waals surface area contributed by atoms with Gasteiger partial charge in [0, 0.05) is 0 Å². The number of carbonyl (C=O) groups is 1. The lowest BCUT2D eigenvalue weighted by Crippen LogP contribution is -2.45. The zero-order valence-electron chi connectivity index (χ0n) is 21.5. The third-order valence-corrected chi connectivity index (χ3v) is 7.82. The van der Waals surface area contributed by atoms with Gasteiger partial charge >= 0.3 is 6.09 Å². The van der Waals surface area contributed by atoms with E-state index in [0.29, 0.717) is 16.6 Å². The van der Waals surface area contributed by atoms with Gasteiger partial charge in [-0.05, 0) is 113 Å². The molecule has 0 saturated heterocycles. The molecular weight excluding hydrogens is 426 g/mol. The van der Waals surface area contributed by atoms with E-state index >= 15 is 0 Å². The van der Waals surface area contributed by atoms with Gasteiger partial charge in [-0.15, -0.1) is 0 Å². The molecule has 0 unspecified atom stereocenters. The number of hydroxylamine groups is 2. The highest BCUT2D eigenvalue weighted by atomic mass is 16.6. The van der Waals surface area contributed by atoms with E-state index in [0.717, 1.165) is 34.9 Å². The van der Waals surface area contributed by atoms with E-state index < -0.39 is 17.2 Å². The number of benzene rings is 2. The Morgan fingerprint density at radius 1 is 0.912 bits per heavy atom. The van der Waals surface area contributed by atoms with Crippen LogP contribution in [-0.2, 0) is 10.3 Å². The van der Waals surface area contributed by atoms with Gasteiger partial charge in [-0.25, -0.2) is 4.79 Å². The predicted molar refractivity (Wildman–Crippen MR) is 135 cm³/mol. The maximum Gasteiger partial charge on any atom is 0.435 e. The van der Waals surface area contributed by atoms with Crippen LogP contribution >= 0.6 is 0 Å². The van der Waals surface area contributed by atoms with E-state index in [-0.39, 0.29) is 0 Å². The van der Waals surface area contributed by atoms with Crippen LogP contribution in [0.1, 0.15) is 98.0 Å². The minimum Gasteiger partial charge on any atom is -0.490 e. The first-order valence-electron chi connectivity index (χ1n) is 12.9. The van der Waals surface area contributed by atoms with E-state index in [1.165, 1.54) is 44.9 Å². The number of nitrogens with zero attached hydrogens (tertiary/aromatic N) is 1. The lowest BCUT2D eigenvalue weighted by atomic mass is 9.65. The van der Waals surface area contributed by atoms with Crippen LogP contribution in [0.5, 0.6) is 5.75 Å². The van der Waals surface area contributed by atoms with Gasteiger partial charge in [0.1, 0.15) is 11.4 Å². The van der Waals surface area contributed by atoms with Crippen LogP contribution in [0.2, 0.25) is 0 Å². The fraction of sp³-hybridized carbons (Fsp3) is 0.621. The summed E-state index contributed by atoms with van der Waals surface area (Å²) in [4.78, 5) is 12.4. The molecule has 2 fully saturated rings. The number of fused-ring (bicyclic) bond motifs is 1. The van der Waals surface area contributed by atoms with Crippen LogP contribution in [0.25, 0.3) is 10.8 Å². The van der Waals surface area contributed by atoms with E-state index in [9.17, 15) is 10.0 Å². The summed E-state index contributed by atoms with van der Waals surface area (Å²) in [5.74, 6) is 0.918. The Labute approximate surface area is 204 Å². The van der Waals surface area contributed by atoms with Gasteiger partial charge in [0.2, 0.25) is 0 Å². The Morgan fingerprint density at radius 2 is 1.53 bits per heavy atom. The molecule has 0 aromatic heterocycles. The highest BCUT2D eigenvalue weighted by molar-refractivity contribution is 5.85. The zero-order chi connectivity index (χ0) is 24.6. The third-order valence-electron chi connectivity index (χ3n) is 7.82. The molecular formula is C29H41NO4. The maximum absolute atomic E-state index is 12.4. The van der Waals surface area contributed by atoms with E-state index in [1.807, 2.05) is 24.3 Å². The summed E-state index contributed by atoms with van der Waals surface area (Å²) in [5, 5.41) is 13.4. The summed E-state index contributed by atoms with van der Waals surface area (Å²) in [7, 11) is 0. The molecule has 2 aromatic rings. The van der Waals surface area contributed by atoms with Crippen molar-refractivity contribution in [1.82, 2.24) is 5.06 Å². The maximum atomic E-state index is 12.4. The Balaban J connectivity index is 1.43. The molecule has 2 aliphatic carbocycles. The summed E-state index contributed by atoms with van der Waals surface area (Å²) in [6.45, 7) is 8.95. The van der Waals surface area contributed by atoms with Crippen LogP contribution in [0.4, 0.5) is 4.79 Å². The molecule has 2 saturated carbocycles. The first-order valence-corrected chi connectivity index (χ1v) is 12.9. The molecule has 5 heteroatoms. The summed E-state index contributed by atoms with van der Waals surface area (Å²) in [6.07, 6.45) is 11.5. The van der Waals surface area contributed by atoms with Gasteiger partial charge in [-0.2, -0.15) is 5.06 Å². The van der Waals surface area contributed by atoms with E-state index in [1.54, 1.807) is 34.6 Å². The SMILES string of the molecule is CC(C)(C)OC(=O)N(O)C(C)(C)c1ccc2cc(OC3CCC4(CCCCC4)CC3)ccc2c1. The van der Waals surface area contributed by atoms with Gasteiger partial charge in [0.25, 0.3) is 0 Å². The van der Waals surface area contributed by atoms with Crippen molar-refractivity contribution in [3.63, 3.8) is 0 Å². The van der Waals surface area contributed by atoms with Crippen molar-refractivity contribution in [3.8, 4) is 5.75 Å². The van der Waals surface area contributed by atoms with Gasteiger partial charge in [0.15, 0.2) is 0 Å². The first-order chi connectivity index (χ1) is 16.0. The second-order valence-electron chi connectivity index (χ2n) is 12.0. The summed E-state index contributed by atoms with van der Waals surface area (Å²) < 4.78 is 11.7. The number of amides is 1. The highest BCUT2D eigenvalue weighted by Gasteiger charge is 2.37. The van der Waals surface area contributed by atoms with Gasteiger partial charge in [-0.1, -0.05) is 37.5 Å². The molecule has 34 heavy (non-hydrogen) atoms. The summed E-state index contributed by atoms with van der Waals surface area (Å²) >= 11 is 0. The summed E-state index contributed by atoms with van der Waals surface area (Å²) in [6, 6.07) is 12.2. The number of hydrogen-bond acceptors (Lipinski definition) is 4. The lowest BCUT2D eigenvalue weighted by Gasteiger charge is -2.42. The van der Waals surface area contributed by atoms with Crippen molar-refractivity contribution in [2.45, 2.75) is 110 Å². The minimum absolute atomic E-state index is 0.306. The predicted octanol–water partition coefficient (Wildman–Crippen LogP) is 7.97. The molecule has 1 N–H and O–H groups in total. The third kappa shape index (κ3) is 5.51. The van der Waals surface area contributed by atoms with Crippen molar-refractivity contribution < 1.29 is 19.5 Å². The molecule has 1 spiro atoms. The first kappa shape index (κ1) is 24.8.